The van der Waals surface area contributed by atoms with Crippen LogP contribution < -0.4 is 10.6 Å². The van der Waals surface area contributed by atoms with Crippen LogP contribution in [0.4, 0.5) is 17.2 Å². The minimum Gasteiger partial charge on any atom is -0.465 e. The van der Waals surface area contributed by atoms with E-state index in [2.05, 4.69) is 15.6 Å². The van der Waals surface area contributed by atoms with Crippen LogP contribution in [0.3, 0.4) is 0 Å². The fourth-order valence-corrected chi connectivity index (χ4v) is 2.64. The zero-order chi connectivity index (χ0) is 20.8. The number of carbonyl (C=O) groups is 3. The molecule has 1 amide bonds. The van der Waals surface area contributed by atoms with E-state index in [1.165, 1.54) is 20.2 Å². The van der Waals surface area contributed by atoms with E-state index in [-0.39, 0.29) is 11.7 Å². The topological polar surface area (TPSA) is 97.4 Å². The van der Waals surface area contributed by atoms with Gasteiger partial charge in [0.2, 0.25) is 0 Å². The lowest BCUT2D eigenvalue weighted by atomic mass is 10.1. The molecule has 3 rings (SSSR count). The molecule has 0 aliphatic heterocycles. The van der Waals surface area contributed by atoms with E-state index in [1.54, 1.807) is 60.7 Å². The summed E-state index contributed by atoms with van der Waals surface area (Å²) in [6, 6.07) is 16.9. The number of esters is 1. The van der Waals surface area contributed by atoms with Gasteiger partial charge >= 0.3 is 5.97 Å². The van der Waals surface area contributed by atoms with Gasteiger partial charge < -0.3 is 15.4 Å². The molecule has 3 aromatic rings. The van der Waals surface area contributed by atoms with Crippen molar-refractivity contribution in [1.82, 2.24) is 4.98 Å². The van der Waals surface area contributed by atoms with E-state index in [4.69, 9.17) is 4.74 Å². The molecule has 2 N–H and O–H groups in total. The quantitative estimate of drug-likeness (QED) is 0.487. The molecule has 0 radical (unpaired) electrons. The largest absolute Gasteiger partial charge is 0.465 e. The van der Waals surface area contributed by atoms with Crippen molar-refractivity contribution in [3.63, 3.8) is 0 Å². The molecule has 0 fully saturated rings. The summed E-state index contributed by atoms with van der Waals surface area (Å²) in [5, 5.41) is 5.78. The normalized spacial score (nSPS) is 10.1. The molecule has 29 heavy (non-hydrogen) atoms. The molecule has 0 bridgehead atoms. The van der Waals surface area contributed by atoms with Crippen molar-refractivity contribution in [1.29, 1.82) is 0 Å². The predicted molar refractivity (Wildman–Crippen MR) is 110 cm³/mol. The Labute approximate surface area is 167 Å². The number of anilines is 3. The summed E-state index contributed by atoms with van der Waals surface area (Å²) < 4.78 is 4.77. The van der Waals surface area contributed by atoms with Gasteiger partial charge in [-0.25, -0.2) is 9.78 Å². The zero-order valence-electron chi connectivity index (χ0n) is 15.9. The van der Waals surface area contributed by atoms with Crippen molar-refractivity contribution in [2.45, 2.75) is 6.92 Å². The van der Waals surface area contributed by atoms with Crippen molar-refractivity contribution in [2.75, 3.05) is 17.7 Å². The Hall–Kier alpha value is -4.00. The first kappa shape index (κ1) is 19.8. The zero-order valence-corrected chi connectivity index (χ0v) is 15.9. The number of Topliss-reactive ketones (excluding diaryl/α,β-unsaturated/α-hetero) is 1. The Morgan fingerprint density at radius 1 is 0.931 bits per heavy atom. The number of ketones is 1. The number of amides is 1. The number of carbonyl (C=O) groups excluding carboxylic acids is 3. The number of aromatic nitrogens is 1. The van der Waals surface area contributed by atoms with Crippen molar-refractivity contribution in [3.8, 4) is 0 Å². The average molecular weight is 389 g/mol. The number of hydrogen-bond acceptors (Lipinski definition) is 6. The van der Waals surface area contributed by atoms with Gasteiger partial charge in [-0.15, -0.1) is 0 Å². The maximum Gasteiger partial charge on any atom is 0.339 e. The van der Waals surface area contributed by atoms with Gasteiger partial charge in [-0.05, 0) is 43.3 Å². The van der Waals surface area contributed by atoms with E-state index in [1.807, 2.05) is 0 Å². The third-order valence-electron chi connectivity index (χ3n) is 4.15. The van der Waals surface area contributed by atoms with Gasteiger partial charge in [0.25, 0.3) is 5.91 Å². The highest BCUT2D eigenvalue weighted by Gasteiger charge is 2.12. The van der Waals surface area contributed by atoms with E-state index in [0.29, 0.717) is 33.9 Å². The number of ether oxygens (including phenoxy) is 1. The van der Waals surface area contributed by atoms with Gasteiger partial charge in [-0.3, -0.25) is 9.59 Å². The van der Waals surface area contributed by atoms with Crippen molar-refractivity contribution < 1.29 is 19.1 Å². The van der Waals surface area contributed by atoms with Crippen LogP contribution in [0.2, 0.25) is 0 Å². The number of benzene rings is 2. The highest BCUT2D eigenvalue weighted by atomic mass is 16.5. The van der Waals surface area contributed by atoms with E-state index < -0.39 is 5.97 Å². The molecule has 0 saturated heterocycles. The van der Waals surface area contributed by atoms with Crippen LogP contribution in [0, 0.1) is 0 Å². The summed E-state index contributed by atoms with van der Waals surface area (Å²) in [6.45, 7) is 1.47. The fraction of sp³-hybridized carbons (Fsp3) is 0.0909. The molecule has 0 aliphatic carbocycles. The molecular weight excluding hydrogens is 370 g/mol. The second-order valence-electron chi connectivity index (χ2n) is 6.19. The molecule has 7 nitrogen and oxygen atoms in total. The Morgan fingerprint density at radius 2 is 1.72 bits per heavy atom. The third kappa shape index (κ3) is 4.84. The lowest BCUT2D eigenvalue weighted by Gasteiger charge is -2.10. The maximum absolute atomic E-state index is 12.4. The molecule has 2 aromatic carbocycles. The van der Waals surface area contributed by atoms with Gasteiger partial charge in [0.05, 0.1) is 23.9 Å². The van der Waals surface area contributed by atoms with Crippen molar-refractivity contribution in [2.24, 2.45) is 0 Å². The predicted octanol–water partition coefficient (Wildman–Crippen LogP) is 4.07. The molecule has 7 heteroatoms. The number of nitrogens with one attached hydrogen (secondary N) is 2. The monoisotopic (exact) mass is 389 g/mol. The molecule has 0 unspecified atom stereocenters. The SMILES string of the molecule is COC(=O)c1ccccc1Nc1ccc(C(=O)Nc2cccc(C(C)=O)c2)cn1. The minimum atomic E-state index is -0.461. The molecule has 0 aliphatic rings. The van der Waals surface area contributed by atoms with Gasteiger partial charge in [-0.2, -0.15) is 0 Å². The summed E-state index contributed by atoms with van der Waals surface area (Å²) in [7, 11) is 1.32. The standard InChI is InChI=1S/C22H19N3O4/c1-14(26)15-6-5-7-17(12-15)24-21(27)16-10-11-20(23-13-16)25-19-9-4-3-8-18(19)22(28)29-2/h3-13H,1-2H3,(H,23,25)(H,24,27). The number of para-hydroxylation sites is 1. The second kappa shape index (κ2) is 8.79. The second-order valence-corrected chi connectivity index (χ2v) is 6.19. The maximum atomic E-state index is 12.4. The lowest BCUT2D eigenvalue weighted by molar-refractivity contribution is 0.0601. The van der Waals surface area contributed by atoms with Crippen LogP contribution >= 0.6 is 0 Å². The highest BCUT2D eigenvalue weighted by molar-refractivity contribution is 6.05. The number of methoxy groups -OCH3 is 1. The third-order valence-corrected chi connectivity index (χ3v) is 4.15. The first-order valence-electron chi connectivity index (χ1n) is 8.80. The Kier molecular flexibility index (Phi) is 5.99. The van der Waals surface area contributed by atoms with E-state index in [0.717, 1.165) is 0 Å². The summed E-state index contributed by atoms with van der Waals surface area (Å²) in [6.07, 6.45) is 1.42. The van der Waals surface area contributed by atoms with Crippen LogP contribution in [-0.2, 0) is 4.74 Å². The molecule has 1 heterocycles. The molecule has 1 aromatic heterocycles. The Morgan fingerprint density at radius 3 is 2.41 bits per heavy atom. The van der Waals surface area contributed by atoms with Crippen LogP contribution in [0.25, 0.3) is 0 Å². The molecule has 146 valence electrons. The van der Waals surface area contributed by atoms with Crippen LogP contribution in [0.1, 0.15) is 38.0 Å². The first-order valence-corrected chi connectivity index (χ1v) is 8.80. The van der Waals surface area contributed by atoms with Crippen LogP contribution in [0.5, 0.6) is 0 Å². The smallest absolute Gasteiger partial charge is 0.339 e. The minimum absolute atomic E-state index is 0.0783. The Bertz CT molecular complexity index is 1060. The average Bonchev–Trinajstić information content (AvgIpc) is 2.74. The molecule has 0 atom stereocenters. The number of hydrogen-bond donors (Lipinski definition) is 2. The van der Waals surface area contributed by atoms with Crippen LogP contribution in [0.15, 0.2) is 66.9 Å². The summed E-state index contributed by atoms with van der Waals surface area (Å²) >= 11 is 0. The molecule has 0 saturated carbocycles. The van der Waals surface area contributed by atoms with Crippen molar-refractivity contribution >= 4 is 34.9 Å². The first-order chi connectivity index (χ1) is 14.0. The fourth-order valence-electron chi connectivity index (χ4n) is 2.64. The summed E-state index contributed by atoms with van der Waals surface area (Å²) in [4.78, 5) is 40.0. The van der Waals surface area contributed by atoms with E-state index in [9.17, 15) is 14.4 Å². The van der Waals surface area contributed by atoms with Gasteiger partial charge in [0.15, 0.2) is 5.78 Å². The van der Waals surface area contributed by atoms with Gasteiger partial charge in [0.1, 0.15) is 5.82 Å². The Balaban J connectivity index is 1.72. The molecule has 0 spiro atoms. The number of nitrogens with zero attached hydrogens (tertiary/aromatic N) is 1. The van der Waals surface area contributed by atoms with Crippen LogP contribution in [-0.4, -0.2) is 29.8 Å². The lowest BCUT2D eigenvalue weighted by Crippen LogP contribution is -2.13. The van der Waals surface area contributed by atoms with Crippen molar-refractivity contribution in [3.05, 3.63) is 83.6 Å². The highest BCUT2D eigenvalue weighted by Crippen LogP contribution is 2.21. The summed E-state index contributed by atoms with van der Waals surface area (Å²) in [5.74, 6) is -0.418. The molecular formula is C22H19N3O4. The van der Waals surface area contributed by atoms with E-state index >= 15 is 0 Å². The van der Waals surface area contributed by atoms with Gasteiger partial charge in [-0.1, -0.05) is 24.3 Å². The van der Waals surface area contributed by atoms with Gasteiger partial charge in [0, 0.05) is 17.4 Å². The number of rotatable bonds is 6. The number of pyridine rings is 1. The summed E-state index contributed by atoms with van der Waals surface area (Å²) in [5.41, 5.74) is 2.32.